The SMILES string of the molecule is CC(C)(C)OC(=O)NCc1cc(C(N)=O)cs1. The molecule has 0 spiro atoms. The van der Waals surface area contributed by atoms with Crippen molar-refractivity contribution in [2.45, 2.75) is 32.9 Å². The average molecular weight is 256 g/mol. The molecular weight excluding hydrogens is 240 g/mol. The van der Waals surface area contributed by atoms with Crippen molar-refractivity contribution in [3.8, 4) is 0 Å². The molecule has 0 aliphatic heterocycles. The zero-order chi connectivity index (χ0) is 13.1. The Morgan fingerprint density at radius 1 is 1.47 bits per heavy atom. The summed E-state index contributed by atoms with van der Waals surface area (Å²) in [6.45, 7) is 5.71. The van der Waals surface area contributed by atoms with E-state index in [1.807, 2.05) is 0 Å². The maximum atomic E-state index is 11.4. The normalized spacial score (nSPS) is 11.0. The van der Waals surface area contributed by atoms with Gasteiger partial charge in [0.2, 0.25) is 5.91 Å². The van der Waals surface area contributed by atoms with Gasteiger partial charge in [-0.2, -0.15) is 0 Å². The molecule has 2 amide bonds. The Balaban J connectivity index is 2.45. The third-order valence-corrected chi connectivity index (χ3v) is 2.68. The minimum Gasteiger partial charge on any atom is -0.444 e. The van der Waals surface area contributed by atoms with Crippen LogP contribution in [0.25, 0.3) is 0 Å². The van der Waals surface area contributed by atoms with E-state index >= 15 is 0 Å². The smallest absolute Gasteiger partial charge is 0.407 e. The quantitative estimate of drug-likeness (QED) is 0.866. The third kappa shape index (κ3) is 4.86. The van der Waals surface area contributed by atoms with Crippen molar-refractivity contribution in [1.29, 1.82) is 0 Å². The number of carbonyl (C=O) groups is 2. The summed E-state index contributed by atoms with van der Waals surface area (Å²) in [5, 5.41) is 4.27. The van der Waals surface area contributed by atoms with Crippen molar-refractivity contribution in [3.05, 3.63) is 21.9 Å². The lowest BCUT2D eigenvalue weighted by Crippen LogP contribution is -2.31. The van der Waals surface area contributed by atoms with Crippen LogP contribution in [0.15, 0.2) is 11.4 Å². The number of primary amides is 1. The molecule has 5 nitrogen and oxygen atoms in total. The van der Waals surface area contributed by atoms with Gasteiger partial charge in [-0.15, -0.1) is 11.3 Å². The van der Waals surface area contributed by atoms with E-state index in [4.69, 9.17) is 10.5 Å². The van der Waals surface area contributed by atoms with Gasteiger partial charge in [-0.1, -0.05) is 0 Å². The molecule has 0 aliphatic carbocycles. The molecule has 0 unspecified atom stereocenters. The molecule has 94 valence electrons. The van der Waals surface area contributed by atoms with E-state index in [2.05, 4.69) is 5.32 Å². The number of amides is 2. The van der Waals surface area contributed by atoms with Crippen molar-refractivity contribution in [2.75, 3.05) is 0 Å². The Morgan fingerprint density at radius 2 is 2.12 bits per heavy atom. The molecule has 0 saturated carbocycles. The van der Waals surface area contributed by atoms with Gasteiger partial charge in [0.25, 0.3) is 0 Å². The predicted molar refractivity (Wildman–Crippen MR) is 65.9 cm³/mol. The highest BCUT2D eigenvalue weighted by Gasteiger charge is 2.16. The second-order valence-electron chi connectivity index (χ2n) is 4.52. The minimum atomic E-state index is -0.516. The van der Waals surface area contributed by atoms with Crippen molar-refractivity contribution in [2.24, 2.45) is 5.73 Å². The summed E-state index contributed by atoms with van der Waals surface area (Å²) in [6.07, 6.45) is -0.480. The maximum absolute atomic E-state index is 11.4. The van der Waals surface area contributed by atoms with Crippen LogP contribution in [0.5, 0.6) is 0 Å². The van der Waals surface area contributed by atoms with Crippen LogP contribution in [-0.4, -0.2) is 17.6 Å². The topological polar surface area (TPSA) is 81.4 Å². The summed E-state index contributed by atoms with van der Waals surface area (Å²) in [5.74, 6) is -0.468. The van der Waals surface area contributed by atoms with E-state index in [0.29, 0.717) is 12.1 Å². The van der Waals surface area contributed by atoms with Gasteiger partial charge in [-0.3, -0.25) is 4.79 Å². The second-order valence-corrected chi connectivity index (χ2v) is 5.52. The summed E-state index contributed by atoms with van der Waals surface area (Å²) in [4.78, 5) is 23.1. The molecule has 0 atom stereocenters. The van der Waals surface area contributed by atoms with Crippen LogP contribution in [0.2, 0.25) is 0 Å². The molecule has 0 bridgehead atoms. The molecule has 1 aromatic rings. The van der Waals surface area contributed by atoms with E-state index < -0.39 is 17.6 Å². The maximum Gasteiger partial charge on any atom is 0.407 e. The Kier molecular flexibility index (Phi) is 4.11. The first-order valence-corrected chi connectivity index (χ1v) is 6.00. The van der Waals surface area contributed by atoms with Gasteiger partial charge < -0.3 is 15.8 Å². The van der Waals surface area contributed by atoms with Gasteiger partial charge in [0, 0.05) is 10.3 Å². The molecule has 0 radical (unpaired) electrons. The van der Waals surface area contributed by atoms with Crippen LogP contribution in [0.3, 0.4) is 0 Å². The number of rotatable bonds is 3. The zero-order valence-corrected chi connectivity index (χ0v) is 10.9. The van der Waals surface area contributed by atoms with E-state index in [1.54, 1.807) is 32.2 Å². The van der Waals surface area contributed by atoms with Gasteiger partial charge in [-0.05, 0) is 26.8 Å². The monoisotopic (exact) mass is 256 g/mol. The molecule has 1 heterocycles. The molecule has 0 saturated heterocycles. The Bertz CT molecular complexity index is 421. The van der Waals surface area contributed by atoms with Crippen LogP contribution in [0, 0.1) is 0 Å². The number of nitrogens with one attached hydrogen (secondary N) is 1. The molecular formula is C11H16N2O3S. The third-order valence-electron chi connectivity index (χ3n) is 1.74. The number of hydrogen-bond donors (Lipinski definition) is 2. The lowest BCUT2D eigenvalue weighted by molar-refractivity contribution is 0.0524. The highest BCUT2D eigenvalue weighted by atomic mass is 32.1. The van der Waals surface area contributed by atoms with Crippen LogP contribution in [-0.2, 0) is 11.3 Å². The molecule has 6 heteroatoms. The summed E-state index contributed by atoms with van der Waals surface area (Å²) in [7, 11) is 0. The number of ether oxygens (including phenoxy) is 1. The Morgan fingerprint density at radius 3 is 2.59 bits per heavy atom. The van der Waals surface area contributed by atoms with Crippen LogP contribution in [0.4, 0.5) is 4.79 Å². The molecule has 1 rings (SSSR count). The lowest BCUT2D eigenvalue weighted by atomic mass is 10.2. The molecule has 1 aromatic heterocycles. The van der Waals surface area contributed by atoms with E-state index in [-0.39, 0.29) is 0 Å². The van der Waals surface area contributed by atoms with Crippen molar-refractivity contribution in [3.63, 3.8) is 0 Å². The van der Waals surface area contributed by atoms with E-state index in [0.717, 1.165) is 4.88 Å². The molecule has 3 N–H and O–H groups in total. The van der Waals surface area contributed by atoms with Gasteiger partial charge in [0.15, 0.2) is 0 Å². The van der Waals surface area contributed by atoms with Crippen molar-refractivity contribution >= 4 is 23.3 Å². The van der Waals surface area contributed by atoms with Gasteiger partial charge in [0.05, 0.1) is 12.1 Å². The number of carbonyl (C=O) groups excluding carboxylic acids is 2. The lowest BCUT2D eigenvalue weighted by Gasteiger charge is -2.19. The molecule has 0 aliphatic rings. The second kappa shape index (κ2) is 5.18. The van der Waals surface area contributed by atoms with Gasteiger partial charge in [0.1, 0.15) is 5.60 Å². The Labute approximate surface area is 104 Å². The van der Waals surface area contributed by atoms with E-state index in [1.165, 1.54) is 11.3 Å². The first-order valence-electron chi connectivity index (χ1n) is 5.12. The van der Waals surface area contributed by atoms with Crippen LogP contribution >= 0.6 is 11.3 Å². The summed E-state index contributed by atoms with van der Waals surface area (Å²) < 4.78 is 5.08. The summed E-state index contributed by atoms with van der Waals surface area (Å²) >= 11 is 1.37. The first-order chi connectivity index (χ1) is 7.78. The number of hydrogen-bond acceptors (Lipinski definition) is 4. The summed E-state index contributed by atoms with van der Waals surface area (Å²) in [5.41, 5.74) is 5.06. The highest BCUT2D eigenvalue weighted by molar-refractivity contribution is 7.10. The number of alkyl carbamates (subject to hydrolysis) is 1. The minimum absolute atomic E-state index is 0.326. The molecule has 0 fully saturated rings. The molecule has 0 aromatic carbocycles. The van der Waals surface area contributed by atoms with Gasteiger partial charge in [-0.25, -0.2) is 4.79 Å². The average Bonchev–Trinajstić information content (AvgIpc) is 2.60. The number of thiophene rings is 1. The first kappa shape index (κ1) is 13.5. The predicted octanol–water partition coefficient (Wildman–Crippen LogP) is 1.87. The fourth-order valence-electron chi connectivity index (χ4n) is 1.08. The zero-order valence-electron chi connectivity index (χ0n) is 10.1. The highest BCUT2D eigenvalue weighted by Crippen LogP contribution is 2.14. The van der Waals surface area contributed by atoms with Crippen LogP contribution in [0.1, 0.15) is 36.0 Å². The summed E-state index contributed by atoms with van der Waals surface area (Å²) in [6, 6.07) is 1.66. The Hall–Kier alpha value is -1.56. The van der Waals surface area contributed by atoms with Crippen molar-refractivity contribution < 1.29 is 14.3 Å². The fraction of sp³-hybridized carbons (Fsp3) is 0.455. The fourth-order valence-corrected chi connectivity index (χ4v) is 1.89. The van der Waals surface area contributed by atoms with E-state index in [9.17, 15) is 9.59 Å². The van der Waals surface area contributed by atoms with Crippen molar-refractivity contribution in [1.82, 2.24) is 5.32 Å². The largest absolute Gasteiger partial charge is 0.444 e. The molecule has 17 heavy (non-hydrogen) atoms. The standard InChI is InChI=1S/C11H16N2O3S/c1-11(2,3)16-10(15)13-5-8-4-7(6-17-8)9(12)14/h4,6H,5H2,1-3H3,(H2,12,14)(H,13,15). The van der Waals surface area contributed by atoms with Crippen LogP contribution < -0.4 is 11.1 Å². The number of nitrogens with two attached hydrogens (primary N) is 1. The van der Waals surface area contributed by atoms with Gasteiger partial charge >= 0.3 is 6.09 Å².